The van der Waals surface area contributed by atoms with Crippen molar-refractivity contribution in [1.82, 2.24) is 0 Å². The van der Waals surface area contributed by atoms with E-state index in [9.17, 15) is 31.1 Å². The molecule has 0 aromatic heterocycles. The van der Waals surface area contributed by atoms with E-state index in [0.29, 0.717) is 12.8 Å². The van der Waals surface area contributed by atoms with E-state index < -0.39 is 36.4 Å². The number of halogens is 6. The minimum absolute atomic E-state index is 0.273. The molecule has 1 rings (SSSR count). The molecule has 1 aliphatic heterocycles. The second-order valence-corrected chi connectivity index (χ2v) is 9.79. The van der Waals surface area contributed by atoms with Gasteiger partial charge < -0.3 is 19.7 Å². The van der Waals surface area contributed by atoms with E-state index >= 15 is 0 Å². The predicted molar refractivity (Wildman–Crippen MR) is 136 cm³/mol. The number of carbonyl (C=O) groups is 1. The molecule has 0 saturated carbocycles. The van der Waals surface area contributed by atoms with Crippen LogP contribution in [0.5, 0.6) is 0 Å². The molecule has 0 radical (unpaired) electrons. The smallest absolute Gasteiger partial charge is 0.383 e. The molecule has 0 aromatic rings. The van der Waals surface area contributed by atoms with Gasteiger partial charge in [-0.2, -0.15) is 26.3 Å². The summed E-state index contributed by atoms with van der Waals surface area (Å²) in [6.45, 7) is 12.8. The summed E-state index contributed by atoms with van der Waals surface area (Å²) in [5.74, 6) is -1.11. The zero-order chi connectivity index (χ0) is 29.5. The van der Waals surface area contributed by atoms with Crippen molar-refractivity contribution in [2.24, 2.45) is 17.8 Å². The van der Waals surface area contributed by atoms with Crippen molar-refractivity contribution >= 4 is 6.29 Å². The molecule has 10 heteroatoms. The topological polar surface area (TPSA) is 66.8 Å². The Hall–Kier alpha value is -0.870. The molecule has 0 bridgehead atoms. The Morgan fingerprint density at radius 3 is 1.24 bits per heavy atom. The summed E-state index contributed by atoms with van der Waals surface area (Å²) in [4.78, 5) is 10.0. The molecule has 4 nitrogen and oxygen atoms in total. The molecule has 1 heterocycles. The van der Waals surface area contributed by atoms with E-state index in [1.807, 2.05) is 20.8 Å². The molecule has 1 aliphatic rings. The van der Waals surface area contributed by atoms with E-state index in [0.717, 1.165) is 51.6 Å². The van der Waals surface area contributed by atoms with Crippen molar-refractivity contribution in [1.29, 1.82) is 0 Å². The maximum atomic E-state index is 11.9. The highest BCUT2D eigenvalue weighted by Crippen LogP contribution is 2.28. The fourth-order valence-corrected chi connectivity index (χ4v) is 3.12. The van der Waals surface area contributed by atoms with Crippen LogP contribution in [-0.4, -0.2) is 54.3 Å². The van der Waals surface area contributed by atoms with Gasteiger partial charge in [0.25, 0.3) is 0 Å². The summed E-state index contributed by atoms with van der Waals surface area (Å²) in [6.07, 6.45) is -2.22. The highest BCUT2D eigenvalue weighted by Gasteiger charge is 2.41. The van der Waals surface area contributed by atoms with Crippen molar-refractivity contribution in [3.63, 3.8) is 0 Å². The summed E-state index contributed by atoms with van der Waals surface area (Å²) in [5.41, 5.74) is 0. The van der Waals surface area contributed by atoms with Crippen LogP contribution in [0, 0.1) is 17.8 Å². The average Bonchev–Trinajstić information content (AvgIpc) is 3.43. The largest absolute Gasteiger partial charge is 0.414 e. The quantitative estimate of drug-likeness (QED) is 0.188. The fraction of sp³-hybridized carbons (Fsp3) is 0.963. The van der Waals surface area contributed by atoms with Crippen LogP contribution in [0.3, 0.4) is 0 Å². The van der Waals surface area contributed by atoms with E-state index in [1.54, 1.807) is 0 Å². The predicted octanol–water partition coefficient (Wildman–Crippen LogP) is 8.28. The van der Waals surface area contributed by atoms with Crippen molar-refractivity contribution in [3.05, 3.63) is 0 Å². The third-order valence-electron chi connectivity index (χ3n) is 5.85. The van der Waals surface area contributed by atoms with Gasteiger partial charge in [-0.1, -0.05) is 80.1 Å². The van der Waals surface area contributed by atoms with Crippen LogP contribution in [0.1, 0.15) is 112 Å². The van der Waals surface area contributed by atoms with E-state index in [-0.39, 0.29) is 5.92 Å². The van der Waals surface area contributed by atoms with Crippen LogP contribution in [0.15, 0.2) is 0 Å². The molecule has 0 spiro atoms. The molecule has 0 aliphatic carbocycles. The van der Waals surface area contributed by atoms with Crippen LogP contribution in [0.2, 0.25) is 0 Å². The van der Waals surface area contributed by atoms with Gasteiger partial charge in [0, 0.05) is 19.1 Å². The first-order chi connectivity index (χ1) is 17.1. The number of carbonyl (C=O) groups excluding carboxylic acids is 1. The number of hydrogen-bond acceptors (Lipinski definition) is 4. The Kier molecular flexibility index (Phi) is 26.6. The average molecular weight is 555 g/mol. The molecule has 5 atom stereocenters. The first-order valence-corrected chi connectivity index (χ1v) is 13.6. The molecule has 0 unspecified atom stereocenters. The molecule has 0 amide bonds. The van der Waals surface area contributed by atoms with E-state index in [1.165, 1.54) is 39.5 Å². The number of alkyl halides is 6. The Bertz CT molecular complexity index is 459. The number of rotatable bonds is 12. The lowest BCUT2D eigenvalue weighted by molar-refractivity contribution is -0.218. The lowest BCUT2D eigenvalue weighted by Crippen LogP contribution is -2.34. The molecular weight excluding hydrogens is 502 g/mol. The molecule has 0 aromatic carbocycles. The summed E-state index contributed by atoms with van der Waals surface area (Å²) in [5, 5.41) is 17.5. The van der Waals surface area contributed by atoms with Gasteiger partial charge in [-0.05, 0) is 43.9 Å². The van der Waals surface area contributed by atoms with Crippen molar-refractivity contribution in [2.45, 2.75) is 137 Å². The first-order valence-electron chi connectivity index (χ1n) is 13.6. The number of unbranched alkanes of at least 4 members (excludes halogenated alkanes) is 3. The standard InChI is InChI=1S/2C8H15F3O.C7H14O.C4H8O/c2*1-3-4-5-6(2)7(12)8(9,10)11;1-3-4-5-7(2)6-8;1-2-4-5-3-1/h2*6-7,12H,3-5H2,1-2H3;6-7H,3-5H2,1-2H3;1-4H2/t6-,7+;6-,7-;7-;/m111./s1. The SMILES string of the molecule is C1CCOC1.CCCC[C@@H](C)C=O.CCCC[C@@H](C)[C@@H](O)C(F)(F)F.CCCC[C@@H](C)[C@H](O)C(F)(F)F. The Balaban J connectivity index is -0.000000434. The second kappa shape index (κ2) is 24.2. The van der Waals surface area contributed by atoms with Crippen molar-refractivity contribution < 1.29 is 46.1 Å². The molecule has 1 fully saturated rings. The first kappa shape index (κ1) is 40.6. The van der Waals surface area contributed by atoms with Gasteiger partial charge in [0.2, 0.25) is 0 Å². The Labute approximate surface area is 220 Å². The molecular formula is C27H52F6O4. The Morgan fingerprint density at radius 2 is 1.03 bits per heavy atom. The Morgan fingerprint density at radius 1 is 0.703 bits per heavy atom. The number of aldehydes is 1. The minimum Gasteiger partial charge on any atom is -0.383 e. The van der Waals surface area contributed by atoms with Crippen molar-refractivity contribution in [2.75, 3.05) is 13.2 Å². The van der Waals surface area contributed by atoms with Crippen LogP contribution in [0.4, 0.5) is 26.3 Å². The van der Waals surface area contributed by atoms with Gasteiger partial charge >= 0.3 is 12.4 Å². The molecule has 37 heavy (non-hydrogen) atoms. The number of aliphatic hydroxyl groups excluding tert-OH is 2. The van der Waals surface area contributed by atoms with Gasteiger partial charge in [-0.25, -0.2) is 0 Å². The maximum absolute atomic E-state index is 11.9. The van der Waals surface area contributed by atoms with Crippen LogP contribution in [0.25, 0.3) is 0 Å². The second-order valence-electron chi connectivity index (χ2n) is 9.79. The van der Waals surface area contributed by atoms with E-state index in [4.69, 9.17) is 14.9 Å². The van der Waals surface area contributed by atoms with Gasteiger partial charge in [0.05, 0.1) is 0 Å². The summed E-state index contributed by atoms with van der Waals surface area (Å²) < 4.78 is 76.2. The van der Waals surface area contributed by atoms with Gasteiger partial charge in [-0.15, -0.1) is 0 Å². The summed E-state index contributed by atoms with van der Waals surface area (Å²) in [7, 11) is 0. The third kappa shape index (κ3) is 26.5. The lowest BCUT2D eigenvalue weighted by atomic mass is 9.98. The number of ether oxygens (including phenoxy) is 1. The zero-order valence-electron chi connectivity index (χ0n) is 23.6. The van der Waals surface area contributed by atoms with Gasteiger partial charge in [-0.3, -0.25) is 0 Å². The molecule has 1 saturated heterocycles. The lowest BCUT2D eigenvalue weighted by Gasteiger charge is -2.20. The minimum atomic E-state index is -4.47. The van der Waals surface area contributed by atoms with E-state index in [2.05, 4.69) is 6.92 Å². The van der Waals surface area contributed by atoms with Crippen molar-refractivity contribution in [3.8, 4) is 0 Å². The molecule has 226 valence electrons. The summed E-state index contributed by atoms with van der Waals surface area (Å²) in [6, 6.07) is 0. The maximum Gasteiger partial charge on any atom is 0.414 e. The third-order valence-corrected chi connectivity index (χ3v) is 5.85. The van der Waals surface area contributed by atoms with Gasteiger partial charge in [0.1, 0.15) is 6.29 Å². The zero-order valence-corrected chi connectivity index (χ0v) is 23.6. The highest BCUT2D eigenvalue weighted by molar-refractivity contribution is 5.52. The van der Waals surface area contributed by atoms with Gasteiger partial charge in [0.15, 0.2) is 12.2 Å². The normalized spacial score (nSPS) is 17.5. The van der Waals surface area contributed by atoms with Crippen LogP contribution >= 0.6 is 0 Å². The van der Waals surface area contributed by atoms with Crippen LogP contribution in [-0.2, 0) is 9.53 Å². The molecule has 2 N–H and O–H groups in total. The van der Waals surface area contributed by atoms with Crippen LogP contribution < -0.4 is 0 Å². The monoisotopic (exact) mass is 554 g/mol. The highest BCUT2D eigenvalue weighted by atomic mass is 19.4. The summed E-state index contributed by atoms with van der Waals surface area (Å²) >= 11 is 0. The fourth-order valence-electron chi connectivity index (χ4n) is 3.12. The number of aliphatic hydroxyl groups is 2. The number of hydrogen-bond donors (Lipinski definition) is 2.